The number of ether oxygens (including phenoxy) is 2. The SMILES string of the molecule is COc1cccc(COc2cc(F)cc(CC(C)N)c2)c1. The van der Waals surface area contributed by atoms with E-state index in [-0.39, 0.29) is 11.9 Å². The largest absolute Gasteiger partial charge is 0.497 e. The van der Waals surface area contributed by atoms with E-state index in [1.165, 1.54) is 12.1 Å². The highest BCUT2D eigenvalue weighted by Gasteiger charge is 2.05. The van der Waals surface area contributed by atoms with Crippen LogP contribution in [-0.4, -0.2) is 13.2 Å². The van der Waals surface area contributed by atoms with Gasteiger partial charge in [0.05, 0.1) is 7.11 Å². The number of nitrogens with two attached hydrogens (primary N) is 1. The molecule has 21 heavy (non-hydrogen) atoms. The van der Waals surface area contributed by atoms with Gasteiger partial charge in [0.2, 0.25) is 0 Å². The Hall–Kier alpha value is -2.07. The number of hydrogen-bond acceptors (Lipinski definition) is 3. The molecule has 1 atom stereocenters. The van der Waals surface area contributed by atoms with E-state index in [0.29, 0.717) is 18.8 Å². The predicted molar refractivity (Wildman–Crippen MR) is 81.1 cm³/mol. The van der Waals surface area contributed by atoms with Crippen molar-refractivity contribution in [3.63, 3.8) is 0 Å². The Morgan fingerprint density at radius 2 is 1.86 bits per heavy atom. The fourth-order valence-electron chi connectivity index (χ4n) is 2.12. The Morgan fingerprint density at radius 3 is 2.57 bits per heavy atom. The summed E-state index contributed by atoms with van der Waals surface area (Å²) in [5, 5.41) is 0. The van der Waals surface area contributed by atoms with Gasteiger partial charge in [0.15, 0.2) is 0 Å². The normalized spacial score (nSPS) is 12.0. The van der Waals surface area contributed by atoms with Crippen LogP contribution in [-0.2, 0) is 13.0 Å². The van der Waals surface area contributed by atoms with Gasteiger partial charge < -0.3 is 15.2 Å². The Labute approximate surface area is 124 Å². The third-order valence-electron chi connectivity index (χ3n) is 3.03. The zero-order valence-corrected chi connectivity index (χ0v) is 12.3. The van der Waals surface area contributed by atoms with Crippen LogP contribution in [0.2, 0.25) is 0 Å². The molecule has 0 aliphatic carbocycles. The number of methoxy groups -OCH3 is 1. The minimum Gasteiger partial charge on any atom is -0.497 e. The molecular formula is C17H20FNO2. The van der Waals surface area contributed by atoms with Crippen LogP contribution < -0.4 is 15.2 Å². The van der Waals surface area contributed by atoms with E-state index in [2.05, 4.69) is 0 Å². The van der Waals surface area contributed by atoms with Gasteiger partial charge in [-0.2, -0.15) is 0 Å². The highest BCUT2D eigenvalue weighted by Crippen LogP contribution is 2.20. The first-order valence-corrected chi connectivity index (χ1v) is 6.87. The molecule has 0 aliphatic heterocycles. The Balaban J connectivity index is 2.06. The molecule has 0 saturated heterocycles. The summed E-state index contributed by atoms with van der Waals surface area (Å²) in [5.74, 6) is 0.968. The second kappa shape index (κ2) is 7.09. The van der Waals surface area contributed by atoms with Crippen molar-refractivity contribution < 1.29 is 13.9 Å². The Morgan fingerprint density at radius 1 is 1.10 bits per heavy atom. The van der Waals surface area contributed by atoms with E-state index in [1.54, 1.807) is 7.11 Å². The van der Waals surface area contributed by atoms with Crippen molar-refractivity contribution in [3.8, 4) is 11.5 Å². The smallest absolute Gasteiger partial charge is 0.127 e. The van der Waals surface area contributed by atoms with Gasteiger partial charge in [-0.3, -0.25) is 0 Å². The molecule has 2 N–H and O–H groups in total. The van der Waals surface area contributed by atoms with Crippen LogP contribution >= 0.6 is 0 Å². The summed E-state index contributed by atoms with van der Waals surface area (Å²) < 4.78 is 24.4. The molecule has 0 aromatic heterocycles. The van der Waals surface area contributed by atoms with Crippen molar-refractivity contribution >= 4 is 0 Å². The molecule has 0 bridgehead atoms. The highest BCUT2D eigenvalue weighted by atomic mass is 19.1. The second-order valence-electron chi connectivity index (χ2n) is 5.12. The molecule has 2 aromatic rings. The molecule has 0 amide bonds. The van der Waals surface area contributed by atoms with Crippen molar-refractivity contribution in [3.05, 3.63) is 59.4 Å². The first-order chi connectivity index (χ1) is 10.1. The molecule has 0 saturated carbocycles. The maximum Gasteiger partial charge on any atom is 0.127 e. The van der Waals surface area contributed by atoms with Gasteiger partial charge >= 0.3 is 0 Å². The third-order valence-corrected chi connectivity index (χ3v) is 3.03. The molecule has 4 heteroatoms. The second-order valence-corrected chi connectivity index (χ2v) is 5.12. The van der Waals surface area contributed by atoms with E-state index < -0.39 is 0 Å². The van der Waals surface area contributed by atoms with Crippen molar-refractivity contribution in [1.29, 1.82) is 0 Å². The van der Waals surface area contributed by atoms with Gasteiger partial charge in [-0.05, 0) is 48.7 Å². The van der Waals surface area contributed by atoms with E-state index in [4.69, 9.17) is 15.2 Å². The Bertz CT molecular complexity index is 599. The van der Waals surface area contributed by atoms with E-state index in [0.717, 1.165) is 16.9 Å². The van der Waals surface area contributed by atoms with Crippen molar-refractivity contribution in [1.82, 2.24) is 0 Å². The molecule has 0 fully saturated rings. The van der Waals surface area contributed by atoms with Gasteiger partial charge in [0.1, 0.15) is 23.9 Å². The summed E-state index contributed by atoms with van der Waals surface area (Å²) in [7, 11) is 1.62. The third kappa shape index (κ3) is 4.76. The van der Waals surface area contributed by atoms with Crippen LogP contribution in [0.25, 0.3) is 0 Å². The summed E-state index contributed by atoms with van der Waals surface area (Å²) >= 11 is 0. The lowest BCUT2D eigenvalue weighted by atomic mass is 10.1. The topological polar surface area (TPSA) is 44.5 Å². The van der Waals surface area contributed by atoms with Gasteiger partial charge in [0.25, 0.3) is 0 Å². The number of benzene rings is 2. The van der Waals surface area contributed by atoms with Crippen molar-refractivity contribution in [2.75, 3.05) is 7.11 Å². The monoisotopic (exact) mass is 289 g/mol. The summed E-state index contributed by atoms with van der Waals surface area (Å²) in [6.07, 6.45) is 0.618. The summed E-state index contributed by atoms with van der Waals surface area (Å²) in [5.41, 5.74) is 7.55. The molecule has 2 aromatic carbocycles. The molecule has 0 radical (unpaired) electrons. The number of rotatable bonds is 6. The van der Waals surface area contributed by atoms with Crippen molar-refractivity contribution in [2.45, 2.75) is 26.0 Å². The van der Waals surface area contributed by atoms with Crippen LogP contribution in [0.15, 0.2) is 42.5 Å². The van der Waals surface area contributed by atoms with E-state index in [1.807, 2.05) is 37.3 Å². The molecule has 112 valence electrons. The fraction of sp³-hybridized carbons (Fsp3) is 0.294. The van der Waals surface area contributed by atoms with Gasteiger partial charge in [-0.1, -0.05) is 12.1 Å². The lowest BCUT2D eigenvalue weighted by Gasteiger charge is -2.11. The van der Waals surface area contributed by atoms with Crippen LogP contribution in [0.1, 0.15) is 18.1 Å². The van der Waals surface area contributed by atoms with Gasteiger partial charge in [-0.15, -0.1) is 0 Å². The quantitative estimate of drug-likeness (QED) is 0.887. The van der Waals surface area contributed by atoms with Crippen LogP contribution in [0, 0.1) is 5.82 Å². The molecule has 0 heterocycles. The lowest BCUT2D eigenvalue weighted by Crippen LogP contribution is -2.17. The molecule has 3 nitrogen and oxygen atoms in total. The fourth-order valence-corrected chi connectivity index (χ4v) is 2.12. The zero-order chi connectivity index (χ0) is 15.2. The van der Waals surface area contributed by atoms with Crippen LogP contribution in [0.3, 0.4) is 0 Å². The summed E-state index contributed by atoms with van der Waals surface area (Å²) in [6, 6.07) is 12.3. The lowest BCUT2D eigenvalue weighted by molar-refractivity contribution is 0.303. The maximum atomic E-state index is 13.6. The number of halogens is 1. The average Bonchev–Trinajstić information content (AvgIpc) is 2.44. The van der Waals surface area contributed by atoms with Crippen LogP contribution in [0.4, 0.5) is 4.39 Å². The first kappa shape index (κ1) is 15.3. The van der Waals surface area contributed by atoms with Crippen molar-refractivity contribution in [2.24, 2.45) is 5.73 Å². The zero-order valence-electron chi connectivity index (χ0n) is 12.3. The first-order valence-electron chi connectivity index (χ1n) is 6.87. The molecule has 2 rings (SSSR count). The van der Waals surface area contributed by atoms with Gasteiger partial charge in [-0.25, -0.2) is 4.39 Å². The molecule has 0 spiro atoms. The summed E-state index contributed by atoms with van der Waals surface area (Å²) in [4.78, 5) is 0. The molecular weight excluding hydrogens is 269 g/mol. The Kier molecular flexibility index (Phi) is 5.17. The maximum absolute atomic E-state index is 13.6. The standard InChI is InChI=1S/C17H20FNO2/c1-12(19)6-14-7-15(18)10-17(9-14)21-11-13-4-3-5-16(8-13)20-2/h3-5,7-10,12H,6,11,19H2,1-2H3. The highest BCUT2D eigenvalue weighted by molar-refractivity contribution is 5.32. The van der Waals surface area contributed by atoms with E-state index in [9.17, 15) is 4.39 Å². The minimum atomic E-state index is -0.311. The number of hydrogen-bond donors (Lipinski definition) is 1. The minimum absolute atomic E-state index is 0.0157. The summed E-state index contributed by atoms with van der Waals surface area (Å²) in [6.45, 7) is 2.25. The molecule has 0 aliphatic rings. The van der Waals surface area contributed by atoms with Crippen LogP contribution in [0.5, 0.6) is 11.5 Å². The average molecular weight is 289 g/mol. The molecule has 1 unspecified atom stereocenters. The van der Waals surface area contributed by atoms with E-state index >= 15 is 0 Å². The predicted octanol–water partition coefficient (Wildman–Crippen LogP) is 3.30. The van der Waals surface area contributed by atoms with Gasteiger partial charge in [0, 0.05) is 12.1 Å².